The summed E-state index contributed by atoms with van der Waals surface area (Å²) < 4.78 is 26.9. The number of non-ortho nitro benzene ring substituents is 1. The second kappa shape index (κ2) is 4.40. The number of hydrogen-bond donors (Lipinski definition) is 1. The monoisotopic (exact) mass is 250 g/mol. The van der Waals surface area contributed by atoms with Gasteiger partial charge in [-0.1, -0.05) is 6.07 Å². The highest BCUT2D eigenvalue weighted by Gasteiger charge is 2.15. The van der Waals surface area contributed by atoms with Crippen molar-refractivity contribution in [2.75, 3.05) is 5.73 Å². The minimum Gasteiger partial charge on any atom is -0.398 e. The van der Waals surface area contributed by atoms with Crippen LogP contribution in [0.5, 0.6) is 0 Å². The van der Waals surface area contributed by atoms with Gasteiger partial charge < -0.3 is 5.73 Å². The molecule has 0 spiro atoms. The summed E-state index contributed by atoms with van der Waals surface area (Å²) in [6.45, 7) is 0. The van der Waals surface area contributed by atoms with Gasteiger partial charge in [0.15, 0.2) is 0 Å². The molecule has 2 aromatic carbocycles. The Morgan fingerprint density at radius 2 is 1.89 bits per heavy atom. The zero-order valence-electron chi connectivity index (χ0n) is 9.06. The first-order valence-corrected chi connectivity index (χ1v) is 4.98. The SMILES string of the molecule is Nc1cccc(F)c1-c1cc(F)cc([N+](=O)[O-])c1. The fraction of sp³-hybridized carbons (Fsp3) is 0. The number of nitrogen functional groups attached to an aromatic ring is 1. The Morgan fingerprint density at radius 1 is 1.17 bits per heavy atom. The minimum absolute atomic E-state index is 0.0392. The van der Waals surface area contributed by atoms with Gasteiger partial charge in [-0.05, 0) is 23.8 Å². The molecular weight excluding hydrogens is 242 g/mol. The Labute approximate surface area is 101 Å². The maximum absolute atomic E-state index is 13.6. The van der Waals surface area contributed by atoms with E-state index >= 15 is 0 Å². The van der Waals surface area contributed by atoms with Gasteiger partial charge in [-0.25, -0.2) is 8.78 Å². The molecule has 0 saturated heterocycles. The molecule has 0 saturated carbocycles. The van der Waals surface area contributed by atoms with Crippen molar-refractivity contribution < 1.29 is 13.7 Å². The Balaban J connectivity index is 2.68. The fourth-order valence-corrected chi connectivity index (χ4v) is 1.67. The van der Waals surface area contributed by atoms with Crippen LogP contribution >= 0.6 is 0 Å². The Bertz CT molecular complexity index is 609. The van der Waals surface area contributed by atoms with Crippen molar-refractivity contribution in [2.24, 2.45) is 0 Å². The van der Waals surface area contributed by atoms with Gasteiger partial charge in [-0.2, -0.15) is 0 Å². The average molecular weight is 250 g/mol. The maximum Gasteiger partial charge on any atom is 0.272 e. The van der Waals surface area contributed by atoms with Crippen LogP contribution in [0.2, 0.25) is 0 Å². The Morgan fingerprint density at radius 3 is 2.50 bits per heavy atom. The number of nitro benzene ring substituents is 1. The van der Waals surface area contributed by atoms with Crippen molar-refractivity contribution in [3.8, 4) is 11.1 Å². The molecule has 0 fully saturated rings. The van der Waals surface area contributed by atoms with Gasteiger partial charge in [0.05, 0.1) is 11.0 Å². The first-order chi connectivity index (χ1) is 8.49. The van der Waals surface area contributed by atoms with Crippen LogP contribution in [0.15, 0.2) is 36.4 Å². The number of halogens is 2. The number of anilines is 1. The normalized spacial score (nSPS) is 10.3. The highest BCUT2D eigenvalue weighted by molar-refractivity contribution is 5.78. The van der Waals surface area contributed by atoms with Crippen LogP contribution < -0.4 is 5.73 Å². The van der Waals surface area contributed by atoms with Gasteiger partial charge in [0, 0.05) is 17.3 Å². The number of rotatable bonds is 2. The van der Waals surface area contributed by atoms with Gasteiger partial charge in [0.1, 0.15) is 11.6 Å². The van der Waals surface area contributed by atoms with E-state index in [-0.39, 0.29) is 16.8 Å². The smallest absolute Gasteiger partial charge is 0.272 e. The van der Waals surface area contributed by atoms with Crippen LogP contribution in [-0.4, -0.2) is 4.92 Å². The molecule has 0 aromatic heterocycles. The molecule has 92 valence electrons. The van der Waals surface area contributed by atoms with Gasteiger partial charge in [0.2, 0.25) is 0 Å². The lowest BCUT2D eigenvalue weighted by atomic mass is 10.0. The quantitative estimate of drug-likeness (QED) is 0.505. The van der Waals surface area contributed by atoms with Crippen molar-refractivity contribution in [3.63, 3.8) is 0 Å². The van der Waals surface area contributed by atoms with Gasteiger partial charge >= 0.3 is 0 Å². The third kappa shape index (κ3) is 2.13. The summed E-state index contributed by atoms with van der Waals surface area (Å²) in [6.07, 6.45) is 0. The van der Waals surface area contributed by atoms with Crippen molar-refractivity contribution in [1.29, 1.82) is 0 Å². The first kappa shape index (κ1) is 12.0. The highest BCUT2D eigenvalue weighted by atomic mass is 19.1. The molecular formula is C12H8F2N2O2. The van der Waals surface area contributed by atoms with E-state index in [1.165, 1.54) is 12.1 Å². The van der Waals surface area contributed by atoms with Crippen LogP contribution in [0.4, 0.5) is 20.2 Å². The molecule has 2 rings (SSSR count). The zero-order chi connectivity index (χ0) is 13.3. The molecule has 0 atom stereocenters. The third-order valence-electron chi connectivity index (χ3n) is 2.43. The van der Waals surface area contributed by atoms with E-state index in [0.717, 1.165) is 24.3 Å². The number of nitrogens with zero attached hydrogens (tertiary/aromatic N) is 1. The summed E-state index contributed by atoms with van der Waals surface area (Å²) in [5.41, 5.74) is 5.24. The molecule has 6 heteroatoms. The Hall–Kier alpha value is -2.50. The molecule has 0 heterocycles. The molecule has 0 bridgehead atoms. The molecule has 2 N–H and O–H groups in total. The van der Waals surface area contributed by atoms with Crippen LogP contribution in [0.25, 0.3) is 11.1 Å². The zero-order valence-corrected chi connectivity index (χ0v) is 9.06. The minimum atomic E-state index is -0.818. The number of benzene rings is 2. The topological polar surface area (TPSA) is 69.2 Å². The number of nitrogens with two attached hydrogens (primary N) is 1. The number of hydrogen-bond acceptors (Lipinski definition) is 3. The van der Waals surface area contributed by atoms with E-state index in [4.69, 9.17) is 5.73 Å². The maximum atomic E-state index is 13.6. The molecule has 18 heavy (non-hydrogen) atoms. The largest absolute Gasteiger partial charge is 0.398 e. The summed E-state index contributed by atoms with van der Waals surface area (Å²) in [5.74, 6) is -1.48. The van der Waals surface area contributed by atoms with Gasteiger partial charge in [-0.3, -0.25) is 10.1 Å². The molecule has 0 aliphatic rings. The lowest BCUT2D eigenvalue weighted by molar-refractivity contribution is -0.385. The standard InChI is InChI=1S/C12H8F2N2O2/c13-8-4-7(5-9(6-8)16(17)18)12-10(14)2-1-3-11(12)15/h1-6H,15H2. The lowest BCUT2D eigenvalue weighted by Gasteiger charge is -2.07. The van der Waals surface area contributed by atoms with E-state index in [2.05, 4.69) is 0 Å². The molecule has 0 unspecified atom stereocenters. The summed E-state index contributed by atoms with van der Waals surface area (Å²) in [4.78, 5) is 9.87. The molecule has 2 aromatic rings. The fourth-order valence-electron chi connectivity index (χ4n) is 1.67. The van der Waals surface area contributed by atoms with Crippen LogP contribution in [-0.2, 0) is 0 Å². The van der Waals surface area contributed by atoms with E-state index in [1.54, 1.807) is 0 Å². The van der Waals surface area contributed by atoms with Crippen molar-refractivity contribution in [2.45, 2.75) is 0 Å². The van der Waals surface area contributed by atoms with Gasteiger partial charge in [0.25, 0.3) is 5.69 Å². The average Bonchev–Trinajstić information content (AvgIpc) is 2.28. The molecule has 0 aliphatic heterocycles. The predicted octanol–water partition coefficient (Wildman–Crippen LogP) is 3.12. The highest BCUT2D eigenvalue weighted by Crippen LogP contribution is 2.31. The first-order valence-electron chi connectivity index (χ1n) is 4.98. The second-order valence-electron chi connectivity index (χ2n) is 3.66. The summed E-state index contributed by atoms with van der Waals surface area (Å²) >= 11 is 0. The molecule has 0 aliphatic carbocycles. The molecule has 0 radical (unpaired) electrons. The van der Waals surface area contributed by atoms with E-state index in [1.807, 2.05) is 0 Å². The summed E-state index contributed by atoms with van der Waals surface area (Å²) in [6, 6.07) is 6.85. The van der Waals surface area contributed by atoms with E-state index in [9.17, 15) is 18.9 Å². The third-order valence-corrected chi connectivity index (χ3v) is 2.43. The molecule has 4 nitrogen and oxygen atoms in total. The summed E-state index contributed by atoms with van der Waals surface area (Å²) in [5, 5.41) is 10.6. The van der Waals surface area contributed by atoms with Crippen LogP contribution in [0.1, 0.15) is 0 Å². The van der Waals surface area contributed by atoms with Crippen molar-refractivity contribution >= 4 is 11.4 Å². The van der Waals surface area contributed by atoms with E-state index in [0.29, 0.717) is 0 Å². The Kier molecular flexibility index (Phi) is 2.93. The second-order valence-corrected chi connectivity index (χ2v) is 3.66. The van der Waals surface area contributed by atoms with Crippen LogP contribution in [0.3, 0.4) is 0 Å². The lowest BCUT2D eigenvalue weighted by Crippen LogP contribution is -1.96. The van der Waals surface area contributed by atoms with Crippen molar-refractivity contribution in [3.05, 3.63) is 58.1 Å². The van der Waals surface area contributed by atoms with Crippen molar-refractivity contribution in [1.82, 2.24) is 0 Å². The molecule has 0 amide bonds. The van der Waals surface area contributed by atoms with Gasteiger partial charge in [-0.15, -0.1) is 0 Å². The van der Waals surface area contributed by atoms with Crippen LogP contribution in [0, 0.1) is 21.7 Å². The van der Waals surface area contributed by atoms with E-state index < -0.39 is 22.2 Å². The predicted molar refractivity (Wildman–Crippen MR) is 62.9 cm³/mol. The number of nitro groups is 1. The summed E-state index contributed by atoms with van der Waals surface area (Å²) in [7, 11) is 0.